The van der Waals surface area contributed by atoms with E-state index in [9.17, 15) is 9.90 Å². The van der Waals surface area contributed by atoms with Crippen molar-refractivity contribution in [1.29, 1.82) is 0 Å². The summed E-state index contributed by atoms with van der Waals surface area (Å²) in [5, 5.41) is 13.6. The Morgan fingerprint density at radius 2 is 2.29 bits per heavy atom. The quantitative estimate of drug-likeness (QED) is 0.783. The summed E-state index contributed by atoms with van der Waals surface area (Å²) in [6, 6.07) is 1.81. The standard InChI is InChI=1S/C10H14O3S/c1-10(2,9(12)13-3)8(11)7-4-5-14-6-7/h4-6,8,11H,1-3H3. The van der Waals surface area contributed by atoms with Gasteiger partial charge in [0.25, 0.3) is 0 Å². The Morgan fingerprint density at radius 1 is 1.64 bits per heavy atom. The molecule has 0 spiro atoms. The number of hydrogen-bond acceptors (Lipinski definition) is 4. The number of methoxy groups -OCH3 is 1. The molecular weight excluding hydrogens is 200 g/mol. The molecule has 78 valence electrons. The summed E-state index contributed by atoms with van der Waals surface area (Å²) in [6.07, 6.45) is -0.818. The van der Waals surface area contributed by atoms with Crippen molar-refractivity contribution in [3.8, 4) is 0 Å². The first-order valence-electron chi connectivity index (χ1n) is 4.28. The van der Waals surface area contributed by atoms with Gasteiger partial charge in [-0.05, 0) is 36.2 Å². The van der Waals surface area contributed by atoms with Gasteiger partial charge >= 0.3 is 5.97 Å². The molecule has 0 saturated heterocycles. The number of aliphatic hydroxyl groups is 1. The highest BCUT2D eigenvalue weighted by Gasteiger charge is 2.37. The number of carbonyl (C=O) groups excluding carboxylic acids is 1. The van der Waals surface area contributed by atoms with Crippen molar-refractivity contribution in [1.82, 2.24) is 0 Å². The molecule has 1 N–H and O–H groups in total. The van der Waals surface area contributed by atoms with Gasteiger partial charge in [0.15, 0.2) is 0 Å². The summed E-state index contributed by atoms with van der Waals surface area (Å²) < 4.78 is 4.64. The van der Waals surface area contributed by atoms with E-state index in [4.69, 9.17) is 0 Å². The number of thiophene rings is 1. The molecular formula is C10H14O3S. The molecule has 0 aromatic carbocycles. The smallest absolute Gasteiger partial charge is 0.314 e. The molecule has 0 aliphatic rings. The van der Waals surface area contributed by atoms with Crippen LogP contribution in [-0.2, 0) is 9.53 Å². The van der Waals surface area contributed by atoms with Gasteiger partial charge in [0, 0.05) is 0 Å². The first-order valence-corrected chi connectivity index (χ1v) is 5.23. The normalized spacial score (nSPS) is 13.7. The number of carbonyl (C=O) groups is 1. The Balaban J connectivity index is 2.88. The van der Waals surface area contributed by atoms with Gasteiger partial charge in [-0.2, -0.15) is 11.3 Å². The Morgan fingerprint density at radius 3 is 2.71 bits per heavy atom. The van der Waals surface area contributed by atoms with Crippen LogP contribution in [0.3, 0.4) is 0 Å². The summed E-state index contributed by atoms with van der Waals surface area (Å²) >= 11 is 1.49. The molecule has 0 amide bonds. The molecule has 3 nitrogen and oxygen atoms in total. The van der Waals surface area contributed by atoms with Crippen molar-refractivity contribution >= 4 is 17.3 Å². The van der Waals surface area contributed by atoms with Crippen molar-refractivity contribution in [2.75, 3.05) is 7.11 Å². The lowest BCUT2D eigenvalue weighted by Crippen LogP contribution is -2.32. The largest absolute Gasteiger partial charge is 0.469 e. The van der Waals surface area contributed by atoms with Crippen molar-refractivity contribution in [2.24, 2.45) is 5.41 Å². The van der Waals surface area contributed by atoms with Gasteiger partial charge in [-0.1, -0.05) is 0 Å². The van der Waals surface area contributed by atoms with Crippen LogP contribution in [0, 0.1) is 5.41 Å². The Labute approximate surface area is 87.3 Å². The lowest BCUT2D eigenvalue weighted by Gasteiger charge is -2.26. The molecule has 1 aromatic rings. The van der Waals surface area contributed by atoms with E-state index in [2.05, 4.69) is 4.74 Å². The zero-order valence-electron chi connectivity index (χ0n) is 8.48. The number of esters is 1. The minimum Gasteiger partial charge on any atom is -0.469 e. The van der Waals surface area contributed by atoms with Crippen molar-refractivity contribution in [3.63, 3.8) is 0 Å². The molecule has 1 aromatic heterocycles. The summed E-state index contributed by atoms with van der Waals surface area (Å²) in [6.45, 7) is 3.34. The molecule has 1 atom stereocenters. The molecule has 0 aliphatic carbocycles. The van der Waals surface area contributed by atoms with Crippen LogP contribution in [-0.4, -0.2) is 18.2 Å². The van der Waals surface area contributed by atoms with E-state index in [1.807, 2.05) is 10.8 Å². The SMILES string of the molecule is COC(=O)C(C)(C)C(O)c1ccsc1. The van der Waals surface area contributed by atoms with Gasteiger partial charge < -0.3 is 9.84 Å². The Bertz CT molecular complexity index is 303. The first kappa shape index (κ1) is 11.2. The molecule has 1 unspecified atom stereocenters. The van der Waals surface area contributed by atoms with Crippen molar-refractivity contribution in [2.45, 2.75) is 20.0 Å². The van der Waals surface area contributed by atoms with Crippen LogP contribution in [0.25, 0.3) is 0 Å². The molecule has 0 fully saturated rings. The molecule has 14 heavy (non-hydrogen) atoms. The fourth-order valence-corrected chi connectivity index (χ4v) is 1.90. The number of rotatable bonds is 3. The van der Waals surface area contributed by atoms with E-state index in [0.29, 0.717) is 0 Å². The monoisotopic (exact) mass is 214 g/mol. The lowest BCUT2D eigenvalue weighted by molar-refractivity contribution is -0.157. The number of aliphatic hydroxyl groups excluding tert-OH is 1. The van der Waals surface area contributed by atoms with Gasteiger partial charge in [-0.3, -0.25) is 4.79 Å². The lowest BCUT2D eigenvalue weighted by atomic mass is 9.84. The average molecular weight is 214 g/mol. The van der Waals surface area contributed by atoms with Crippen LogP contribution < -0.4 is 0 Å². The van der Waals surface area contributed by atoms with Crippen molar-refractivity contribution < 1.29 is 14.6 Å². The topological polar surface area (TPSA) is 46.5 Å². The van der Waals surface area contributed by atoms with Gasteiger partial charge in [-0.15, -0.1) is 0 Å². The maximum Gasteiger partial charge on any atom is 0.314 e. The molecule has 1 rings (SSSR count). The van der Waals surface area contributed by atoms with Crippen molar-refractivity contribution in [3.05, 3.63) is 22.4 Å². The molecule has 0 radical (unpaired) electrons. The summed E-state index contributed by atoms with van der Waals surface area (Å²) in [4.78, 5) is 11.4. The summed E-state index contributed by atoms with van der Waals surface area (Å²) in [7, 11) is 1.32. The van der Waals surface area contributed by atoms with E-state index in [1.54, 1.807) is 19.9 Å². The number of ether oxygens (including phenoxy) is 1. The van der Waals surface area contributed by atoms with E-state index < -0.39 is 17.5 Å². The number of hydrogen-bond donors (Lipinski definition) is 1. The maximum absolute atomic E-state index is 11.4. The molecule has 4 heteroatoms. The van der Waals surface area contributed by atoms with Crippen LogP contribution in [0.4, 0.5) is 0 Å². The minimum atomic E-state index is -0.907. The summed E-state index contributed by atoms with van der Waals surface area (Å²) in [5.74, 6) is -0.406. The van der Waals surface area contributed by atoms with E-state index >= 15 is 0 Å². The Kier molecular flexibility index (Phi) is 3.29. The molecule has 1 heterocycles. The summed E-state index contributed by atoms with van der Waals surface area (Å²) in [5.41, 5.74) is -0.152. The van der Waals surface area contributed by atoms with Crippen LogP contribution >= 0.6 is 11.3 Å². The van der Waals surface area contributed by atoms with Gasteiger partial charge in [-0.25, -0.2) is 0 Å². The van der Waals surface area contributed by atoms with Gasteiger partial charge in [0.2, 0.25) is 0 Å². The van der Waals surface area contributed by atoms with Crippen LogP contribution in [0.15, 0.2) is 16.8 Å². The third-order valence-corrected chi connectivity index (χ3v) is 2.96. The van der Waals surface area contributed by atoms with Gasteiger partial charge in [0.1, 0.15) is 0 Å². The minimum absolute atomic E-state index is 0.406. The van der Waals surface area contributed by atoms with Gasteiger partial charge in [0.05, 0.1) is 18.6 Å². The second kappa shape index (κ2) is 4.11. The highest BCUT2D eigenvalue weighted by atomic mass is 32.1. The molecule has 0 bridgehead atoms. The van der Waals surface area contributed by atoms with E-state index in [-0.39, 0.29) is 0 Å². The first-order chi connectivity index (χ1) is 6.50. The Hall–Kier alpha value is -0.870. The zero-order valence-corrected chi connectivity index (χ0v) is 9.30. The highest BCUT2D eigenvalue weighted by molar-refractivity contribution is 7.07. The van der Waals surface area contributed by atoms with E-state index in [0.717, 1.165) is 5.56 Å². The second-order valence-electron chi connectivity index (χ2n) is 3.67. The third kappa shape index (κ3) is 1.96. The van der Waals surface area contributed by atoms with Crippen LogP contribution in [0.2, 0.25) is 0 Å². The second-order valence-corrected chi connectivity index (χ2v) is 4.45. The maximum atomic E-state index is 11.4. The fourth-order valence-electron chi connectivity index (χ4n) is 1.22. The fraction of sp³-hybridized carbons (Fsp3) is 0.500. The predicted molar refractivity (Wildman–Crippen MR) is 55.1 cm³/mol. The molecule has 0 saturated carbocycles. The highest BCUT2D eigenvalue weighted by Crippen LogP contribution is 2.35. The predicted octanol–water partition coefficient (Wildman–Crippen LogP) is 1.98. The van der Waals surface area contributed by atoms with E-state index in [1.165, 1.54) is 18.4 Å². The third-order valence-electron chi connectivity index (χ3n) is 2.25. The van der Waals surface area contributed by atoms with Crippen LogP contribution in [0.5, 0.6) is 0 Å². The zero-order chi connectivity index (χ0) is 10.8. The van der Waals surface area contributed by atoms with Crippen LogP contribution in [0.1, 0.15) is 25.5 Å². The average Bonchev–Trinajstić information content (AvgIpc) is 2.67. The molecule has 0 aliphatic heterocycles.